The van der Waals surface area contributed by atoms with Gasteiger partial charge >= 0.3 is 0 Å². The van der Waals surface area contributed by atoms with Gasteiger partial charge in [0.1, 0.15) is 23.9 Å². The van der Waals surface area contributed by atoms with Crippen LogP contribution >= 0.6 is 0 Å². The van der Waals surface area contributed by atoms with Crippen LogP contribution in [0.15, 0.2) is 60.2 Å². The SMILES string of the molecule is COc1ccc2c(c1)-n1nncc1Cc1c(C3=NCC(c4ccncc4)O3)ncn1-2. The van der Waals surface area contributed by atoms with E-state index < -0.39 is 0 Å². The van der Waals surface area contributed by atoms with Crippen molar-refractivity contribution < 1.29 is 9.47 Å². The van der Waals surface area contributed by atoms with E-state index in [0.29, 0.717) is 18.9 Å². The zero-order valence-electron chi connectivity index (χ0n) is 16.1. The molecule has 5 heterocycles. The lowest BCUT2D eigenvalue weighted by molar-refractivity contribution is 0.229. The lowest BCUT2D eigenvalue weighted by Crippen LogP contribution is -2.10. The van der Waals surface area contributed by atoms with Crippen LogP contribution < -0.4 is 4.74 Å². The molecule has 0 saturated heterocycles. The molecule has 1 aromatic carbocycles. The Morgan fingerprint density at radius 1 is 1.13 bits per heavy atom. The molecule has 30 heavy (non-hydrogen) atoms. The number of ether oxygens (including phenoxy) is 2. The summed E-state index contributed by atoms with van der Waals surface area (Å²) in [4.78, 5) is 13.4. The van der Waals surface area contributed by atoms with Crippen LogP contribution in [0, 0.1) is 0 Å². The molecular weight excluding hydrogens is 382 g/mol. The second-order valence-electron chi connectivity index (χ2n) is 7.11. The summed E-state index contributed by atoms with van der Waals surface area (Å²) in [5, 5.41) is 8.40. The highest BCUT2D eigenvalue weighted by molar-refractivity contribution is 5.95. The van der Waals surface area contributed by atoms with Crippen molar-refractivity contribution >= 4 is 5.90 Å². The van der Waals surface area contributed by atoms with Crippen molar-refractivity contribution in [2.45, 2.75) is 12.5 Å². The minimum Gasteiger partial charge on any atom is -0.497 e. The fourth-order valence-electron chi connectivity index (χ4n) is 3.94. The van der Waals surface area contributed by atoms with Gasteiger partial charge in [-0.2, -0.15) is 0 Å². The molecule has 0 spiro atoms. The minimum atomic E-state index is -0.130. The van der Waals surface area contributed by atoms with E-state index in [1.807, 2.05) is 41.3 Å². The Balaban J connectivity index is 1.43. The van der Waals surface area contributed by atoms with Gasteiger partial charge in [0.05, 0.1) is 42.6 Å². The topological polar surface area (TPSA) is 92.2 Å². The van der Waals surface area contributed by atoms with Crippen molar-refractivity contribution in [2.24, 2.45) is 4.99 Å². The highest BCUT2D eigenvalue weighted by atomic mass is 16.5. The van der Waals surface area contributed by atoms with Crippen LogP contribution in [0.4, 0.5) is 0 Å². The molecular formula is C21H17N7O2. The number of hydrogen-bond donors (Lipinski definition) is 0. The Morgan fingerprint density at radius 3 is 2.90 bits per heavy atom. The van der Waals surface area contributed by atoms with Crippen LogP contribution in [0.1, 0.15) is 28.7 Å². The van der Waals surface area contributed by atoms with Gasteiger partial charge in [0.15, 0.2) is 0 Å². The van der Waals surface area contributed by atoms with Crippen LogP contribution in [0.2, 0.25) is 0 Å². The Hall–Kier alpha value is -4.01. The number of hydrogen-bond acceptors (Lipinski definition) is 7. The van der Waals surface area contributed by atoms with E-state index in [2.05, 4.69) is 29.8 Å². The van der Waals surface area contributed by atoms with Crippen LogP contribution in [0.3, 0.4) is 0 Å². The molecule has 0 radical (unpaired) electrons. The van der Waals surface area contributed by atoms with Gasteiger partial charge in [0.2, 0.25) is 5.90 Å². The third-order valence-electron chi connectivity index (χ3n) is 5.44. The van der Waals surface area contributed by atoms with Crippen molar-refractivity contribution in [2.75, 3.05) is 13.7 Å². The van der Waals surface area contributed by atoms with E-state index >= 15 is 0 Å². The van der Waals surface area contributed by atoms with Crippen molar-refractivity contribution in [3.8, 4) is 17.1 Å². The fraction of sp³-hybridized carbons (Fsp3) is 0.190. The van der Waals surface area contributed by atoms with E-state index in [-0.39, 0.29) is 6.10 Å². The van der Waals surface area contributed by atoms with E-state index in [4.69, 9.17) is 9.47 Å². The summed E-state index contributed by atoms with van der Waals surface area (Å²) in [6.07, 6.45) is 7.57. The van der Waals surface area contributed by atoms with Crippen molar-refractivity contribution in [1.82, 2.24) is 29.5 Å². The molecule has 1 atom stereocenters. The number of methoxy groups -OCH3 is 1. The predicted octanol–water partition coefficient (Wildman–Crippen LogP) is 2.28. The molecule has 0 saturated carbocycles. The van der Waals surface area contributed by atoms with E-state index in [1.54, 1.807) is 25.7 Å². The quantitative estimate of drug-likeness (QED) is 0.462. The maximum absolute atomic E-state index is 6.18. The van der Waals surface area contributed by atoms with Gasteiger partial charge in [-0.25, -0.2) is 14.7 Å². The van der Waals surface area contributed by atoms with Gasteiger partial charge in [-0.1, -0.05) is 5.21 Å². The third kappa shape index (κ3) is 2.52. The van der Waals surface area contributed by atoms with Gasteiger partial charge in [-0.05, 0) is 29.8 Å². The number of nitrogens with zero attached hydrogens (tertiary/aromatic N) is 7. The first kappa shape index (κ1) is 16.9. The first-order chi connectivity index (χ1) is 14.8. The lowest BCUT2D eigenvalue weighted by atomic mass is 10.1. The molecule has 9 heteroatoms. The Morgan fingerprint density at radius 2 is 2.03 bits per heavy atom. The summed E-state index contributed by atoms with van der Waals surface area (Å²) in [7, 11) is 1.65. The first-order valence-corrected chi connectivity index (χ1v) is 9.58. The summed E-state index contributed by atoms with van der Waals surface area (Å²) in [5.74, 6) is 1.31. The number of fused-ring (bicyclic) bond motifs is 5. The zero-order valence-corrected chi connectivity index (χ0v) is 16.1. The zero-order chi connectivity index (χ0) is 20.1. The molecule has 2 aliphatic heterocycles. The average Bonchev–Trinajstić information content (AvgIpc) is 3.53. The van der Waals surface area contributed by atoms with E-state index in [1.165, 1.54) is 0 Å². The molecule has 148 valence electrons. The number of aromatic nitrogens is 6. The lowest BCUT2D eigenvalue weighted by Gasteiger charge is -2.12. The van der Waals surface area contributed by atoms with Gasteiger partial charge in [-0.15, -0.1) is 5.10 Å². The largest absolute Gasteiger partial charge is 0.497 e. The second kappa shape index (κ2) is 6.51. The molecule has 9 nitrogen and oxygen atoms in total. The fourth-order valence-corrected chi connectivity index (χ4v) is 3.94. The molecule has 3 aromatic heterocycles. The Labute approximate surface area is 171 Å². The standard InChI is InChI=1S/C21H17N7O2/c1-29-15-2-3-16-17(9-15)28-14(10-25-26-28)8-18-20(24-12-27(16)18)21-23-11-19(30-21)13-4-6-22-7-5-13/h2-7,9-10,12,19H,8,11H2,1H3. The number of benzene rings is 1. The predicted molar refractivity (Wildman–Crippen MR) is 107 cm³/mol. The molecule has 0 N–H and O–H groups in total. The molecule has 0 aliphatic carbocycles. The molecule has 0 fully saturated rings. The van der Waals surface area contributed by atoms with Gasteiger partial charge in [0, 0.05) is 24.9 Å². The van der Waals surface area contributed by atoms with Crippen molar-refractivity contribution in [3.63, 3.8) is 0 Å². The molecule has 0 amide bonds. The van der Waals surface area contributed by atoms with Gasteiger partial charge in [-0.3, -0.25) is 9.55 Å². The maximum atomic E-state index is 6.18. The van der Waals surface area contributed by atoms with Gasteiger partial charge in [0.25, 0.3) is 0 Å². The van der Waals surface area contributed by atoms with Crippen LogP contribution in [-0.2, 0) is 11.2 Å². The second-order valence-corrected chi connectivity index (χ2v) is 7.11. The third-order valence-corrected chi connectivity index (χ3v) is 5.44. The average molecular weight is 399 g/mol. The maximum Gasteiger partial charge on any atom is 0.238 e. The van der Waals surface area contributed by atoms with Crippen LogP contribution in [-0.4, -0.2) is 49.1 Å². The first-order valence-electron chi connectivity index (χ1n) is 9.58. The number of pyridine rings is 1. The molecule has 2 aliphatic rings. The number of imidazole rings is 1. The smallest absolute Gasteiger partial charge is 0.238 e. The van der Waals surface area contributed by atoms with Crippen LogP contribution in [0.25, 0.3) is 11.4 Å². The van der Waals surface area contributed by atoms with Gasteiger partial charge < -0.3 is 9.47 Å². The van der Waals surface area contributed by atoms with E-state index in [9.17, 15) is 0 Å². The Kier molecular flexibility index (Phi) is 3.67. The highest BCUT2D eigenvalue weighted by Gasteiger charge is 2.30. The summed E-state index contributed by atoms with van der Waals surface area (Å²) in [6.45, 7) is 0.554. The minimum absolute atomic E-state index is 0.130. The summed E-state index contributed by atoms with van der Waals surface area (Å²) in [6, 6.07) is 9.77. The highest BCUT2D eigenvalue weighted by Crippen LogP contribution is 2.33. The molecule has 0 bridgehead atoms. The summed E-state index contributed by atoms with van der Waals surface area (Å²) >= 11 is 0. The summed E-state index contributed by atoms with van der Waals surface area (Å²) < 4.78 is 15.5. The van der Waals surface area contributed by atoms with Crippen molar-refractivity contribution in [3.05, 3.63) is 77.9 Å². The number of aliphatic imine (C=N–C) groups is 1. The van der Waals surface area contributed by atoms with Crippen LogP contribution in [0.5, 0.6) is 5.75 Å². The number of rotatable bonds is 3. The normalized spacial score (nSPS) is 16.7. The molecule has 6 rings (SSSR count). The summed E-state index contributed by atoms with van der Waals surface area (Å²) in [5.41, 5.74) is 5.55. The Bertz CT molecular complexity index is 1280. The van der Waals surface area contributed by atoms with E-state index in [0.717, 1.165) is 39.8 Å². The molecule has 1 unspecified atom stereocenters. The molecule has 4 aromatic rings. The monoisotopic (exact) mass is 399 g/mol. The van der Waals surface area contributed by atoms with Crippen molar-refractivity contribution in [1.29, 1.82) is 0 Å².